The smallest absolute Gasteiger partial charge is 0.271 e. The SMILES string of the molecule is CC(C)C(=O)CNC(=O)c1cn(C)cn1. The first-order valence-electron chi connectivity index (χ1n) is 4.79. The largest absolute Gasteiger partial charge is 0.344 e. The third-order valence-corrected chi connectivity index (χ3v) is 2.00. The van der Waals surface area contributed by atoms with Gasteiger partial charge in [0.1, 0.15) is 5.69 Å². The van der Waals surface area contributed by atoms with Crippen LogP contribution in [0.25, 0.3) is 0 Å². The van der Waals surface area contributed by atoms with Gasteiger partial charge in [-0.15, -0.1) is 0 Å². The van der Waals surface area contributed by atoms with Crippen molar-refractivity contribution >= 4 is 11.7 Å². The van der Waals surface area contributed by atoms with Gasteiger partial charge in [0, 0.05) is 19.2 Å². The number of amides is 1. The summed E-state index contributed by atoms with van der Waals surface area (Å²) in [5.41, 5.74) is 0.328. The fraction of sp³-hybridized carbons (Fsp3) is 0.500. The Kier molecular flexibility index (Phi) is 3.60. The maximum absolute atomic E-state index is 11.4. The van der Waals surface area contributed by atoms with Gasteiger partial charge < -0.3 is 9.88 Å². The molecule has 5 nitrogen and oxygen atoms in total. The van der Waals surface area contributed by atoms with Crippen LogP contribution >= 0.6 is 0 Å². The molecule has 0 atom stereocenters. The number of aromatic nitrogens is 2. The van der Waals surface area contributed by atoms with E-state index in [1.54, 1.807) is 38.0 Å². The maximum atomic E-state index is 11.4. The minimum absolute atomic E-state index is 0.0132. The first-order chi connectivity index (χ1) is 7.00. The van der Waals surface area contributed by atoms with Crippen LogP contribution < -0.4 is 5.32 Å². The fourth-order valence-electron chi connectivity index (χ4n) is 0.992. The van der Waals surface area contributed by atoms with Crippen molar-refractivity contribution in [3.8, 4) is 0 Å². The molecule has 1 heterocycles. The first kappa shape index (κ1) is 11.4. The lowest BCUT2D eigenvalue weighted by Gasteiger charge is -2.04. The number of nitrogens with zero attached hydrogens (tertiary/aromatic N) is 2. The van der Waals surface area contributed by atoms with Gasteiger partial charge in [0.25, 0.3) is 5.91 Å². The Morgan fingerprint density at radius 2 is 2.20 bits per heavy atom. The van der Waals surface area contributed by atoms with Crippen molar-refractivity contribution in [2.24, 2.45) is 13.0 Å². The number of imidazole rings is 1. The summed E-state index contributed by atoms with van der Waals surface area (Å²) in [5, 5.41) is 2.53. The van der Waals surface area contributed by atoms with Crippen LogP contribution in [-0.4, -0.2) is 27.8 Å². The summed E-state index contributed by atoms with van der Waals surface area (Å²) in [6.45, 7) is 3.66. The molecule has 1 aromatic heterocycles. The van der Waals surface area contributed by atoms with Gasteiger partial charge in [0.15, 0.2) is 5.78 Å². The Hall–Kier alpha value is -1.65. The van der Waals surface area contributed by atoms with Crippen molar-refractivity contribution in [3.05, 3.63) is 18.2 Å². The molecule has 0 saturated carbocycles. The molecule has 0 radical (unpaired) electrons. The van der Waals surface area contributed by atoms with E-state index in [-0.39, 0.29) is 24.2 Å². The van der Waals surface area contributed by atoms with Crippen molar-refractivity contribution in [2.45, 2.75) is 13.8 Å². The second-order valence-electron chi connectivity index (χ2n) is 3.73. The number of nitrogens with one attached hydrogen (secondary N) is 1. The maximum Gasteiger partial charge on any atom is 0.271 e. The van der Waals surface area contributed by atoms with Gasteiger partial charge in [-0.25, -0.2) is 4.98 Å². The molecule has 0 bridgehead atoms. The van der Waals surface area contributed by atoms with Crippen LogP contribution in [0.2, 0.25) is 0 Å². The first-order valence-corrected chi connectivity index (χ1v) is 4.79. The van der Waals surface area contributed by atoms with Crippen LogP contribution in [0.1, 0.15) is 24.3 Å². The number of ketones is 1. The lowest BCUT2D eigenvalue weighted by molar-refractivity contribution is -0.120. The molecule has 1 aromatic rings. The molecule has 0 aromatic carbocycles. The van der Waals surface area contributed by atoms with Gasteiger partial charge in [-0.05, 0) is 0 Å². The summed E-state index contributed by atoms with van der Waals surface area (Å²) < 4.78 is 1.68. The number of carbonyl (C=O) groups excluding carboxylic acids is 2. The minimum Gasteiger partial charge on any atom is -0.344 e. The third-order valence-electron chi connectivity index (χ3n) is 2.00. The predicted molar refractivity (Wildman–Crippen MR) is 55.4 cm³/mol. The molecule has 0 unspecified atom stereocenters. The molecule has 0 aliphatic carbocycles. The Morgan fingerprint density at radius 1 is 1.53 bits per heavy atom. The normalized spacial score (nSPS) is 10.4. The Bertz CT molecular complexity index is 368. The van der Waals surface area contributed by atoms with Gasteiger partial charge in [-0.3, -0.25) is 9.59 Å². The monoisotopic (exact) mass is 209 g/mol. The lowest BCUT2D eigenvalue weighted by atomic mass is 10.1. The second kappa shape index (κ2) is 4.72. The average molecular weight is 209 g/mol. The van der Waals surface area contributed by atoms with Crippen molar-refractivity contribution in [3.63, 3.8) is 0 Å². The summed E-state index contributed by atoms with van der Waals surface area (Å²) in [4.78, 5) is 26.6. The number of Topliss-reactive ketones (excluding diaryl/α,β-unsaturated/α-hetero) is 1. The lowest BCUT2D eigenvalue weighted by Crippen LogP contribution is -2.31. The Morgan fingerprint density at radius 3 is 2.67 bits per heavy atom. The zero-order valence-electron chi connectivity index (χ0n) is 9.15. The summed E-state index contributed by atoms with van der Waals surface area (Å²) in [7, 11) is 1.78. The zero-order chi connectivity index (χ0) is 11.4. The van der Waals surface area contributed by atoms with Gasteiger partial charge in [0.2, 0.25) is 0 Å². The van der Waals surface area contributed by atoms with Crippen LogP contribution in [0, 0.1) is 5.92 Å². The molecule has 15 heavy (non-hydrogen) atoms. The van der Waals surface area contributed by atoms with Gasteiger partial charge in [-0.2, -0.15) is 0 Å². The van der Waals surface area contributed by atoms with E-state index in [1.807, 2.05) is 0 Å². The number of aryl methyl sites for hydroxylation is 1. The molecule has 5 heteroatoms. The highest BCUT2D eigenvalue weighted by molar-refractivity contribution is 5.95. The summed E-state index contributed by atoms with van der Waals surface area (Å²) in [5.74, 6) is -0.363. The van der Waals surface area contributed by atoms with Crippen LogP contribution in [-0.2, 0) is 11.8 Å². The summed E-state index contributed by atoms with van der Waals surface area (Å²) >= 11 is 0. The molecule has 1 amide bonds. The van der Waals surface area contributed by atoms with Gasteiger partial charge >= 0.3 is 0 Å². The van der Waals surface area contributed by atoms with Crippen LogP contribution in [0.4, 0.5) is 0 Å². The molecule has 0 aliphatic rings. The molecule has 1 N–H and O–H groups in total. The zero-order valence-corrected chi connectivity index (χ0v) is 9.15. The fourth-order valence-corrected chi connectivity index (χ4v) is 0.992. The predicted octanol–water partition coefficient (Wildman–Crippen LogP) is 0.375. The van der Waals surface area contributed by atoms with Gasteiger partial charge in [-0.1, -0.05) is 13.8 Å². The quantitative estimate of drug-likeness (QED) is 0.779. The number of carbonyl (C=O) groups is 2. The molecule has 82 valence electrons. The standard InChI is InChI=1S/C10H15N3O2/c1-7(2)9(14)4-11-10(15)8-5-13(3)6-12-8/h5-7H,4H2,1-3H3,(H,11,15). The van der Waals surface area contributed by atoms with E-state index in [0.717, 1.165) is 0 Å². The van der Waals surface area contributed by atoms with E-state index in [2.05, 4.69) is 10.3 Å². The van der Waals surface area contributed by atoms with Crippen molar-refractivity contribution in [2.75, 3.05) is 6.54 Å². The number of hydrogen-bond acceptors (Lipinski definition) is 3. The molecular formula is C10H15N3O2. The molecule has 0 fully saturated rings. The third kappa shape index (κ3) is 3.19. The molecule has 0 spiro atoms. The molecular weight excluding hydrogens is 194 g/mol. The Labute approximate surface area is 88.5 Å². The highest BCUT2D eigenvalue weighted by Gasteiger charge is 2.11. The molecule has 1 rings (SSSR count). The number of rotatable bonds is 4. The van der Waals surface area contributed by atoms with Gasteiger partial charge in [0.05, 0.1) is 12.9 Å². The number of hydrogen-bond donors (Lipinski definition) is 1. The van der Waals surface area contributed by atoms with E-state index in [4.69, 9.17) is 0 Å². The molecule has 0 saturated heterocycles. The Balaban J connectivity index is 2.47. The highest BCUT2D eigenvalue weighted by Crippen LogP contribution is 1.95. The van der Waals surface area contributed by atoms with Crippen LogP contribution in [0.3, 0.4) is 0 Å². The van der Waals surface area contributed by atoms with Crippen molar-refractivity contribution in [1.29, 1.82) is 0 Å². The van der Waals surface area contributed by atoms with Crippen molar-refractivity contribution in [1.82, 2.24) is 14.9 Å². The summed E-state index contributed by atoms with van der Waals surface area (Å²) in [6, 6.07) is 0. The van der Waals surface area contributed by atoms with Crippen molar-refractivity contribution < 1.29 is 9.59 Å². The molecule has 0 aliphatic heterocycles. The summed E-state index contributed by atoms with van der Waals surface area (Å²) in [6.07, 6.45) is 3.15. The van der Waals surface area contributed by atoms with E-state index in [9.17, 15) is 9.59 Å². The average Bonchev–Trinajstić information content (AvgIpc) is 2.60. The minimum atomic E-state index is -0.315. The van der Waals surface area contributed by atoms with E-state index >= 15 is 0 Å². The van der Waals surface area contributed by atoms with E-state index in [0.29, 0.717) is 5.69 Å². The van der Waals surface area contributed by atoms with Crippen LogP contribution in [0.15, 0.2) is 12.5 Å². The second-order valence-corrected chi connectivity index (χ2v) is 3.73. The topological polar surface area (TPSA) is 64.0 Å². The van der Waals surface area contributed by atoms with E-state index < -0.39 is 0 Å². The van der Waals surface area contributed by atoms with Crippen LogP contribution in [0.5, 0.6) is 0 Å². The van der Waals surface area contributed by atoms with E-state index in [1.165, 1.54) is 0 Å². The highest BCUT2D eigenvalue weighted by atomic mass is 16.2.